The van der Waals surface area contributed by atoms with E-state index in [1.807, 2.05) is 0 Å². The molecule has 0 saturated carbocycles. The summed E-state index contributed by atoms with van der Waals surface area (Å²) < 4.78 is 49.1. The van der Waals surface area contributed by atoms with Gasteiger partial charge in [0.1, 0.15) is 0 Å². The predicted molar refractivity (Wildman–Crippen MR) is 80.6 cm³/mol. The number of rotatable bonds is 7. The summed E-state index contributed by atoms with van der Waals surface area (Å²) in [6, 6.07) is 3.57. The highest BCUT2D eigenvalue weighted by Gasteiger charge is 2.20. The summed E-state index contributed by atoms with van der Waals surface area (Å²) in [6.45, 7) is 1.19. The molecule has 7 nitrogen and oxygen atoms in total. The SMILES string of the molecule is CCS(=O)(=O)CCNS(=O)(=O)c1cc(C(=O)O)ccc1Br. The first-order valence-electron chi connectivity index (χ1n) is 5.82. The van der Waals surface area contributed by atoms with E-state index in [-0.39, 0.29) is 33.0 Å². The van der Waals surface area contributed by atoms with Crippen molar-refractivity contribution in [1.82, 2.24) is 4.72 Å². The first-order chi connectivity index (χ1) is 9.59. The summed E-state index contributed by atoms with van der Waals surface area (Å²) >= 11 is 3.03. The van der Waals surface area contributed by atoms with Gasteiger partial charge >= 0.3 is 5.97 Å². The summed E-state index contributed by atoms with van der Waals surface area (Å²) in [5.41, 5.74) is -0.181. The molecule has 0 spiro atoms. The first kappa shape index (κ1) is 18.1. The minimum Gasteiger partial charge on any atom is -0.478 e. The number of nitrogens with one attached hydrogen (secondary N) is 1. The number of carboxylic acid groups (broad SMARTS) is 1. The van der Waals surface area contributed by atoms with Crippen LogP contribution in [0.15, 0.2) is 27.6 Å². The van der Waals surface area contributed by atoms with Crippen molar-refractivity contribution in [2.45, 2.75) is 11.8 Å². The maximum absolute atomic E-state index is 12.1. The molecular formula is C11H14BrNO6S2. The Morgan fingerprint density at radius 3 is 2.43 bits per heavy atom. The van der Waals surface area contributed by atoms with Crippen LogP contribution in [0.5, 0.6) is 0 Å². The molecule has 0 fully saturated rings. The molecule has 1 aromatic carbocycles. The number of halogens is 1. The zero-order valence-corrected chi connectivity index (χ0v) is 14.3. The maximum atomic E-state index is 12.1. The Morgan fingerprint density at radius 1 is 1.29 bits per heavy atom. The van der Waals surface area contributed by atoms with Crippen LogP contribution in [0.25, 0.3) is 0 Å². The van der Waals surface area contributed by atoms with Gasteiger partial charge in [-0.3, -0.25) is 0 Å². The minimum atomic E-state index is -4.00. The molecule has 0 amide bonds. The number of benzene rings is 1. The fourth-order valence-electron chi connectivity index (χ4n) is 1.40. The third-order valence-corrected chi connectivity index (χ3v) is 6.77. The molecule has 0 aliphatic rings. The van der Waals surface area contributed by atoms with Crippen LogP contribution in [0.3, 0.4) is 0 Å². The Kier molecular flexibility index (Phi) is 5.91. The Labute approximate surface area is 131 Å². The van der Waals surface area contributed by atoms with Gasteiger partial charge in [-0.05, 0) is 34.1 Å². The number of sulfone groups is 1. The van der Waals surface area contributed by atoms with E-state index in [4.69, 9.17) is 5.11 Å². The second-order valence-electron chi connectivity index (χ2n) is 4.08. The fraction of sp³-hybridized carbons (Fsp3) is 0.364. The lowest BCUT2D eigenvalue weighted by Gasteiger charge is -2.09. The van der Waals surface area contributed by atoms with E-state index < -0.39 is 25.8 Å². The van der Waals surface area contributed by atoms with Gasteiger partial charge in [-0.1, -0.05) is 6.92 Å². The monoisotopic (exact) mass is 399 g/mol. The normalized spacial score (nSPS) is 12.3. The van der Waals surface area contributed by atoms with Crippen molar-refractivity contribution in [1.29, 1.82) is 0 Å². The van der Waals surface area contributed by atoms with Crippen molar-refractivity contribution in [3.05, 3.63) is 28.2 Å². The molecule has 0 atom stereocenters. The van der Waals surface area contributed by atoms with E-state index in [0.717, 1.165) is 6.07 Å². The van der Waals surface area contributed by atoms with Crippen LogP contribution < -0.4 is 4.72 Å². The molecule has 0 aliphatic carbocycles. The summed E-state index contributed by atoms with van der Waals surface area (Å²) in [5, 5.41) is 8.87. The van der Waals surface area contributed by atoms with Gasteiger partial charge in [-0.15, -0.1) is 0 Å². The van der Waals surface area contributed by atoms with Gasteiger partial charge < -0.3 is 5.11 Å². The largest absolute Gasteiger partial charge is 0.478 e. The molecule has 1 rings (SSSR count). The van der Waals surface area contributed by atoms with Gasteiger partial charge in [-0.2, -0.15) is 0 Å². The lowest BCUT2D eigenvalue weighted by molar-refractivity contribution is 0.0696. The smallest absolute Gasteiger partial charge is 0.335 e. The molecule has 0 unspecified atom stereocenters. The van der Waals surface area contributed by atoms with Crippen LogP contribution in [0.4, 0.5) is 0 Å². The number of carbonyl (C=O) groups is 1. The lowest BCUT2D eigenvalue weighted by Crippen LogP contribution is -2.30. The Morgan fingerprint density at radius 2 is 1.90 bits per heavy atom. The molecule has 2 N–H and O–H groups in total. The molecule has 0 heterocycles. The third kappa shape index (κ3) is 5.06. The van der Waals surface area contributed by atoms with Crippen LogP contribution in [0.2, 0.25) is 0 Å². The molecule has 0 bridgehead atoms. The number of sulfonamides is 1. The number of aromatic carboxylic acids is 1. The predicted octanol–water partition coefficient (Wildman–Crippen LogP) is 0.860. The molecule has 21 heavy (non-hydrogen) atoms. The van der Waals surface area contributed by atoms with Crippen LogP contribution in [0.1, 0.15) is 17.3 Å². The summed E-state index contributed by atoms with van der Waals surface area (Å²) in [5.74, 6) is -1.65. The van der Waals surface area contributed by atoms with Gasteiger partial charge in [0.25, 0.3) is 0 Å². The van der Waals surface area contributed by atoms with Crippen molar-refractivity contribution in [3.63, 3.8) is 0 Å². The van der Waals surface area contributed by atoms with Crippen LogP contribution in [-0.4, -0.2) is 46.0 Å². The van der Waals surface area contributed by atoms with Crippen LogP contribution >= 0.6 is 15.9 Å². The van der Waals surface area contributed by atoms with Gasteiger partial charge in [0.05, 0.1) is 16.2 Å². The van der Waals surface area contributed by atoms with Crippen LogP contribution in [-0.2, 0) is 19.9 Å². The van der Waals surface area contributed by atoms with Gasteiger partial charge in [-0.25, -0.2) is 26.4 Å². The second kappa shape index (κ2) is 6.86. The highest BCUT2D eigenvalue weighted by molar-refractivity contribution is 9.10. The van der Waals surface area contributed by atoms with Gasteiger partial charge in [0.2, 0.25) is 10.0 Å². The van der Waals surface area contributed by atoms with Crippen molar-refractivity contribution >= 4 is 41.8 Å². The summed E-state index contributed by atoms with van der Waals surface area (Å²) in [7, 11) is -7.29. The van der Waals surface area contributed by atoms with Crippen molar-refractivity contribution in [3.8, 4) is 0 Å². The fourth-order valence-corrected chi connectivity index (χ4v) is 4.25. The first-order valence-corrected chi connectivity index (χ1v) is 9.92. The molecule has 0 aliphatic heterocycles. The van der Waals surface area contributed by atoms with E-state index in [1.165, 1.54) is 19.1 Å². The van der Waals surface area contributed by atoms with E-state index in [0.29, 0.717) is 0 Å². The maximum Gasteiger partial charge on any atom is 0.335 e. The molecule has 0 radical (unpaired) electrons. The number of carboxylic acids is 1. The molecule has 10 heteroatoms. The van der Waals surface area contributed by atoms with Crippen LogP contribution in [0, 0.1) is 0 Å². The Bertz CT molecular complexity index is 742. The second-order valence-corrected chi connectivity index (χ2v) is 9.15. The third-order valence-electron chi connectivity index (χ3n) is 2.61. The Hall–Kier alpha value is -0.970. The van der Waals surface area contributed by atoms with Crippen molar-refractivity contribution in [2.75, 3.05) is 18.1 Å². The highest BCUT2D eigenvalue weighted by atomic mass is 79.9. The molecule has 118 valence electrons. The topological polar surface area (TPSA) is 118 Å². The van der Waals surface area contributed by atoms with Crippen molar-refractivity contribution < 1.29 is 26.7 Å². The molecule has 1 aromatic rings. The average molecular weight is 400 g/mol. The van der Waals surface area contributed by atoms with E-state index in [1.54, 1.807) is 0 Å². The molecule has 0 aromatic heterocycles. The van der Waals surface area contributed by atoms with Crippen molar-refractivity contribution in [2.24, 2.45) is 0 Å². The van der Waals surface area contributed by atoms with E-state index in [2.05, 4.69) is 20.7 Å². The molecule has 0 saturated heterocycles. The summed E-state index contributed by atoms with van der Waals surface area (Å²) in [6.07, 6.45) is 0. The van der Waals surface area contributed by atoms with E-state index >= 15 is 0 Å². The number of hydrogen-bond donors (Lipinski definition) is 2. The quantitative estimate of drug-likeness (QED) is 0.701. The lowest BCUT2D eigenvalue weighted by atomic mass is 10.2. The molecular weight excluding hydrogens is 386 g/mol. The Balaban J connectivity index is 2.98. The zero-order chi connectivity index (χ0) is 16.3. The van der Waals surface area contributed by atoms with Gasteiger partial charge in [0, 0.05) is 16.8 Å². The van der Waals surface area contributed by atoms with E-state index in [9.17, 15) is 21.6 Å². The number of hydrogen-bond acceptors (Lipinski definition) is 5. The zero-order valence-electron chi connectivity index (χ0n) is 11.0. The summed E-state index contributed by atoms with van der Waals surface area (Å²) in [4.78, 5) is 10.6. The highest BCUT2D eigenvalue weighted by Crippen LogP contribution is 2.23. The standard InChI is InChI=1S/C11H14BrNO6S2/c1-2-20(16,17)6-5-13-21(18,19)10-7-8(11(14)15)3-4-9(10)12/h3-4,7,13H,2,5-6H2,1H3,(H,14,15). The minimum absolute atomic E-state index is 0.0765. The van der Waals surface area contributed by atoms with Gasteiger partial charge in [0.15, 0.2) is 9.84 Å². The average Bonchev–Trinajstić information content (AvgIpc) is 2.38.